The lowest BCUT2D eigenvalue weighted by Gasteiger charge is -1.79. The van der Waals surface area contributed by atoms with E-state index < -0.39 is 5.97 Å². The van der Waals surface area contributed by atoms with Gasteiger partial charge in [-0.3, -0.25) is 0 Å². The molecule has 0 aliphatic rings. The molecule has 0 saturated carbocycles. The Hall–Kier alpha value is -1.97. The number of carbonyl (C=O) groups is 1. The number of aromatic carboxylic acids is 1. The van der Waals surface area contributed by atoms with E-state index in [0.29, 0.717) is 0 Å². The van der Waals surface area contributed by atoms with Gasteiger partial charge in [0, 0.05) is 0 Å². The standard InChI is InChI=1S/C5H4O3.C4H4O/c6-5(7)4-2-1-3-8-4;1-2-4-5-3-1/h1-3H,(H,6,7);1-4H. The Morgan fingerprint density at radius 1 is 1.15 bits per heavy atom. The fourth-order valence-electron chi connectivity index (χ4n) is 0.627. The van der Waals surface area contributed by atoms with E-state index in [4.69, 9.17) is 5.11 Å². The first-order valence-electron chi connectivity index (χ1n) is 3.54. The average Bonchev–Trinajstić information content (AvgIpc) is 2.82. The topological polar surface area (TPSA) is 63.6 Å². The molecule has 0 unspecified atom stereocenters. The van der Waals surface area contributed by atoms with E-state index in [9.17, 15) is 4.79 Å². The molecule has 0 fully saturated rings. The normalized spacial score (nSPS) is 8.62. The molecule has 0 bridgehead atoms. The minimum Gasteiger partial charge on any atom is -0.475 e. The van der Waals surface area contributed by atoms with Crippen LogP contribution in [0.4, 0.5) is 0 Å². The quantitative estimate of drug-likeness (QED) is 0.731. The predicted octanol–water partition coefficient (Wildman–Crippen LogP) is 2.26. The molecule has 0 amide bonds. The van der Waals surface area contributed by atoms with Crippen LogP contribution < -0.4 is 0 Å². The molecule has 68 valence electrons. The van der Waals surface area contributed by atoms with Crippen molar-refractivity contribution in [3.8, 4) is 0 Å². The monoisotopic (exact) mass is 180 g/mol. The van der Waals surface area contributed by atoms with Gasteiger partial charge in [-0.25, -0.2) is 4.79 Å². The second-order valence-electron chi connectivity index (χ2n) is 2.08. The molecule has 2 rings (SSSR count). The molecule has 4 nitrogen and oxygen atoms in total. The van der Waals surface area contributed by atoms with Crippen molar-refractivity contribution in [2.45, 2.75) is 0 Å². The highest BCUT2D eigenvalue weighted by Crippen LogP contribution is 1.97. The lowest BCUT2D eigenvalue weighted by atomic mass is 10.5. The van der Waals surface area contributed by atoms with Crippen LogP contribution in [0.2, 0.25) is 0 Å². The molecular formula is C9H8O4. The smallest absolute Gasteiger partial charge is 0.371 e. The SMILES string of the molecule is O=C(O)c1ccco1.c1ccoc1. The Labute approximate surface area is 74.4 Å². The zero-order valence-corrected chi connectivity index (χ0v) is 6.71. The van der Waals surface area contributed by atoms with Crippen LogP contribution >= 0.6 is 0 Å². The van der Waals surface area contributed by atoms with Gasteiger partial charge in [0.1, 0.15) is 0 Å². The van der Waals surface area contributed by atoms with Gasteiger partial charge in [-0.1, -0.05) is 0 Å². The molecule has 0 spiro atoms. The second kappa shape index (κ2) is 4.82. The van der Waals surface area contributed by atoms with Gasteiger partial charge in [0.05, 0.1) is 18.8 Å². The molecule has 0 radical (unpaired) electrons. The van der Waals surface area contributed by atoms with Crippen LogP contribution in [0.1, 0.15) is 10.6 Å². The van der Waals surface area contributed by atoms with Gasteiger partial charge in [-0.2, -0.15) is 0 Å². The first-order valence-corrected chi connectivity index (χ1v) is 3.54. The van der Waals surface area contributed by atoms with Crippen molar-refractivity contribution in [2.24, 2.45) is 0 Å². The maximum atomic E-state index is 9.97. The highest BCUT2D eigenvalue weighted by molar-refractivity contribution is 5.84. The number of furan rings is 2. The predicted molar refractivity (Wildman–Crippen MR) is 44.4 cm³/mol. The lowest BCUT2D eigenvalue weighted by molar-refractivity contribution is 0.0662. The maximum absolute atomic E-state index is 9.97. The summed E-state index contributed by atoms with van der Waals surface area (Å²) >= 11 is 0. The summed E-state index contributed by atoms with van der Waals surface area (Å²) in [6.45, 7) is 0. The van der Waals surface area contributed by atoms with Gasteiger partial charge in [0.15, 0.2) is 0 Å². The molecule has 0 atom stereocenters. The molecular weight excluding hydrogens is 172 g/mol. The van der Waals surface area contributed by atoms with Crippen molar-refractivity contribution >= 4 is 5.97 Å². The summed E-state index contributed by atoms with van der Waals surface area (Å²) in [5.41, 5.74) is 0. The van der Waals surface area contributed by atoms with Crippen LogP contribution in [0.5, 0.6) is 0 Å². The van der Waals surface area contributed by atoms with E-state index in [1.54, 1.807) is 12.5 Å². The largest absolute Gasteiger partial charge is 0.475 e. The van der Waals surface area contributed by atoms with Crippen LogP contribution in [-0.2, 0) is 0 Å². The van der Waals surface area contributed by atoms with Crippen molar-refractivity contribution < 1.29 is 18.7 Å². The first-order chi connectivity index (χ1) is 6.30. The number of rotatable bonds is 1. The zero-order valence-electron chi connectivity index (χ0n) is 6.71. The summed E-state index contributed by atoms with van der Waals surface area (Å²) in [4.78, 5) is 9.97. The first kappa shape index (κ1) is 9.12. The van der Waals surface area contributed by atoms with Crippen molar-refractivity contribution in [3.05, 3.63) is 48.8 Å². The van der Waals surface area contributed by atoms with Gasteiger partial charge < -0.3 is 13.9 Å². The average molecular weight is 180 g/mol. The highest BCUT2D eigenvalue weighted by Gasteiger charge is 2.01. The minimum atomic E-state index is -1.03. The lowest BCUT2D eigenvalue weighted by Crippen LogP contribution is -1.90. The third-order valence-corrected chi connectivity index (χ3v) is 1.16. The number of hydrogen-bond donors (Lipinski definition) is 1. The molecule has 1 N–H and O–H groups in total. The van der Waals surface area contributed by atoms with Gasteiger partial charge in [-0.05, 0) is 24.3 Å². The summed E-state index contributed by atoms with van der Waals surface area (Å²) in [5, 5.41) is 8.18. The molecule has 0 aromatic carbocycles. The second-order valence-corrected chi connectivity index (χ2v) is 2.08. The van der Waals surface area contributed by atoms with Crippen LogP contribution in [0, 0.1) is 0 Å². The Kier molecular flexibility index (Phi) is 3.38. The number of hydrogen-bond acceptors (Lipinski definition) is 3. The van der Waals surface area contributed by atoms with Crippen LogP contribution in [0.15, 0.2) is 51.9 Å². The number of carboxylic acids is 1. The van der Waals surface area contributed by atoms with E-state index in [2.05, 4.69) is 8.83 Å². The minimum absolute atomic E-state index is 0.0231. The molecule has 0 saturated heterocycles. The Morgan fingerprint density at radius 3 is 2.08 bits per heavy atom. The fraction of sp³-hybridized carbons (Fsp3) is 0. The van der Waals surface area contributed by atoms with Gasteiger partial charge in [0.25, 0.3) is 0 Å². The third kappa shape index (κ3) is 3.29. The van der Waals surface area contributed by atoms with Gasteiger partial charge in [-0.15, -0.1) is 0 Å². The summed E-state index contributed by atoms with van der Waals surface area (Å²) in [5.74, 6) is -1.06. The van der Waals surface area contributed by atoms with E-state index in [1.165, 1.54) is 18.4 Å². The van der Waals surface area contributed by atoms with Crippen molar-refractivity contribution in [3.63, 3.8) is 0 Å². The van der Waals surface area contributed by atoms with E-state index in [1.807, 2.05) is 12.1 Å². The summed E-state index contributed by atoms with van der Waals surface area (Å²) in [6.07, 6.45) is 4.57. The summed E-state index contributed by atoms with van der Waals surface area (Å²) in [6, 6.07) is 6.59. The van der Waals surface area contributed by atoms with E-state index in [-0.39, 0.29) is 5.76 Å². The highest BCUT2D eigenvalue weighted by atomic mass is 16.4. The molecule has 2 aromatic rings. The van der Waals surface area contributed by atoms with Gasteiger partial charge in [0.2, 0.25) is 5.76 Å². The van der Waals surface area contributed by atoms with Crippen molar-refractivity contribution in [1.29, 1.82) is 0 Å². The third-order valence-electron chi connectivity index (χ3n) is 1.16. The Morgan fingerprint density at radius 2 is 1.85 bits per heavy atom. The zero-order chi connectivity index (χ0) is 9.52. The maximum Gasteiger partial charge on any atom is 0.371 e. The van der Waals surface area contributed by atoms with Crippen LogP contribution in [0.25, 0.3) is 0 Å². The molecule has 0 aliphatic heterocycles. The Bertz CT molecular complexity index is 303. The molecule has 2 aromatic heterocycles. The molecule has 4 heteroatoms. The van der Waals surface area contributed by atoms with Crippen LogP contribution in [0.3, 0.4) is 0 Å². The number of carboxylic acid groups (broad SMARTS) is 1. The molecule has 2 heterocycles. The van der Waals surface area contributed by atoms with Crippen molar-refractivity contribution in [2.75, 3.05) is 0 Å². The molecule has 13 heavy (non-hydrogen) atoms. The van der Waals surface area contributed by atoms with Gasteiger partial charge >= 0.3 is 5.97 Å². The Balaban J connectivity index is 0.000000145. The summed E-state index contributed by atoms with van der Waals surface area (Å²) < 4.78 is 9.08. The summed E-state index contributed by atoms with van der Waals surface area (Å²) in [7, 11) is 0. The van der Waals surface area contributed by atoms with E-state index >= 15 is 0 Å². The van der Waals surface area contributed by atoms with Crippen LogP contribution in [-0.4, -0.2) is 11.1 Å². The van der Waals surface area contributed by atoms with E-state index in [0.717, 1.165) is 0 Å². The van der Waals surface area contributed by atoms with Crippen molar-refractivity contribution in [1.82, 2.24) is 0 Å². The molecule has 0 aliphatic carbocycles. The fourth-order valence-corrected chi connectivity index (χ4v) is 0.627.